The minimum absolute atomic E-state index is 0.0568. The van der Waals surface area contributed by atoms with Crippen LogP contribution in [0.1, 0.15) is 63.9 Å². The summed E-state index contributed by atoms with van der Waals surface area (Å²) in [5.41, 5.74) is -0.312. The van der Waals surface area contributed by atoms with E-state index < -0.39 is 41.0 Å². The summed E-state index contributed by atoms with van der Waals surface area (Å²) in [7, 11) is 0. The average Bonchev–Trinajstić information content (AvgIpc) is 3.40. The van der Waals surface area contributed by atoms with Gasteiger partial charge in [0.2, 0.25) is 0 Å². The summed E-state index contributed by atoms with van der Waals surface area (Å²) in [6.07, 6.45) is 3.63. The molecule has 6 rings (SSSR count). The van der Waals surface area contributed by atoms with Gasteiger partial charge in [-0.15, -0.1) is 4.91 Å². The SMILES string of the molecule is C=CCOc1cccc(C)c1C(=O)OC1C(C)=CC23C(C)CC4C(C(C=C5COC(C)(C)OC5C12N=O)C3O)C4(C)C. The molecule has 8 heteroatoms. The average molecular weight is 578 g/mol. The van der Waals surface area contributed by atoms with Crippen molar-refractivity contribution in [2.45, 2.75) is 84.5 Å². The number of hydrogen-bond donors (Lipinski definition) is 1. The number of carbonyl (C=O) groups is 1. The molecule has 9 unspecified atom stereocenters. The Morgan fingerprint density at radius 1 is 1.24 bits per heavy atom. The van der Waals surface area contributed by atoms with Crippen molar-refractivity contribution in [1.82, 2.24) is 0 Å². The maximum atomic E-state index is 14.1. The molecule has 5 aliphatic rings. The van der Waals surface area contributed by atoms with Crippen LogP contribution in [-0.4, -0.2) is 53.9 Å². The van der Waals surface area contributed by atoms with Gasteiger partial charge in [0, 0.05) is 5.92 Å². The molecule has 0 radical (unpaired) electrons. The first-order valence-corrected chi connectivity index (χ1v) is 15.1. The van der Waals surface area contributed by atoms with E-state index in [9.17, 15) is 14.8 Å². The normalized spacial score (nSPS) is 40.5. The molecule has 1 heterocycles. The molecule has 2 saturated carbocycles. The van der Waals surface area contributed by atoms with Crippen LogP contribution < -0.4 is 4.74 Å². The Labute approximate surface area is 248 Å². The number of hydrogen-bond acceptors (Lipinski definition) is 8. The first-order chi connectivity index (χ1) is 19.8. The number of esters is 1. The second-order valence-electron chi connectivity index (χ2n) is 14.1. The van der Waals surface area contributed by atoms with Crippen LogP contribution >= 0.6 is 0 Å². The smallest absolute Gasteiger partial charge is 0.342 e. The van der Waals surface area contributed by atoms with Crippen molar-refractivity contribution >= 4 is 5.97 Å². The molecule has 2 bridgehead atoms. The largest absolute Gasteiger partial charge is 0.489 e. The second kappa shape index (κ2) is 9.60. The van der Waals surface area contributed by atoms with Gasteiger partial charge in [-0.3, -0.25) is 0 Å². The van der Waals surface area contributed by atoms with Gasteiger partial charge in [0.15, 0.2) is 17.4 Å². The fourth-order valence-electron chi connectivity index (χ4n) is 9.12. The summed E-state index contributed by atoms with van der Waals surface area (Å²) in [5.74, 6) is -1.00. The van der Waals surface area contributed by atoms with Gasteiger partial charge in [0.05, 0.1) is 18.1 Å². The van der Waals surface area contributed by atoms with Crippen LogP contribution in [-0.2, 0) is 14.2 Å². The number of aliphatic hydroxyl groups excluding tert-OH is 1. The van der Waals surface area contributed by atoms with Gasteiger partial charge < -0.3 is 24.1 Å². The van der Waals surface area contributed by atoms with Crippen LogP contribution in [0.5, 0.6) is 5.75 Å². The molecule has 9 atom stereocenters. The van der Waals surface area contributed by atoms with E-state index in [0.29, 0.717) is 22.8 Å². The van der Waals surface area contributed by atoms with E-state index in [-0.39, 0.29) is 41.9 Å². The predicted molar refractivity (Wildman–Crippen MR) is 158 cm³/mol. The van der Waals surface area contributed by atoms with Crippen LogP contribution in [0.4, 0.5) is 0 Å². The van der Waals surface area contributed by atoms with E-state index in [4.69, 9.17) is 18.9 Å². The number of nitrogens with zero attached hydrogens (tertiary/aromatic N) is 1. The third-order valence-corrected chi connectivity index (χ3v) is 11.1. The van der Waals surface area contributed by atoms with Crippen LogP contribution in [0, 0.1) is 46.3 Å². The van der Waals surface area contributed by atoms with Crippen molar-refractivity contribution in [3.63, 3.8) is 0 Å². The number of ether oxygens (including phenoxy) is 4. The molecule has 1 aliphatic heterocycles. The molecule has 1 aromatic rings. The molecule has 0 amide bonds. The van der Waals surface area contributed by atoms with E-state index in [0.717, 1.165) is 12.0 Å². The van der Waals surface area contributed by atoms with Crippen LogP contribution in [0.2, 0.25) is 0 Å². The van der Waals surface area contributed by atoms with E-state index in [1.54, 1.807) is 12.1 Å². The topological polar surface area (TPSA) is 104 Å². The van der Waals surface area contributed by atoms with Crippen LogP contribution in [0.15, 0.2) is 59.3 Å². The Hall–Kier alpha value is -2.81. The van der Waals surface area contributed by atoms with Crippen LogP contribution in [0.3, 0.4) is 0 Å². The molecule has 1 N–H and O–H groups in total. The summed E-state index contributed by atoms with van der Waals surface area (Å²) in [4.78, 5) is 27.7. The minimum Gasteiger partial charge on any atom is -0.489 e. The molecule has 42 heavy (non-hydrogen) atoms. The molecule has 0 aromatic heterocycles. The van der Waals surface area contributed by atoms with E-state index >= 15 is 0 Å². The highest BCUT2D eigenvalue weighted by Crippen LogP contribution is 2.73. The van der Waals surface area contributed by atoms with Crippen molar-refractivity contribution in [3.05, 3.63) is 70.2 Å². The molecule has 8 nitrogen and oxygen atoms in total. The zero-order valence-electron chi connectivity index (χ0n) is 25.7. The Balaban J connectivity index is 1.52. The van der Waals surface area contributed by atoms with E-state index in [2.05, 4.69) is 38.6 Å². The maximum absolute atomic E-state index is 14.1. The van der Waals surface area contributed by atoms with Crippen molar-refractivity contribution in [2.24, 2.45) is 39.7 Å². The summed E-state index contributed by atoms with van der Waals surface area (Å²) >= 11 is 0. The number of nitroso groups, excluding NO2 is 1. The van der Waals surface area contributed by atoms with Gasteiger partial charge in [-0.25, -0.2) is 4.79 Å². The zero-order valence-corrected chi connectivity index (χ0v) is 25.7. The van der Waals surface area contributed by atoms with Crippen molar-refractivity contribution in [2.75, 3.05) is 13.2 Å². The lowest BCUT2D eigenvalue weighted by atomic mass is 9.56. The first kappa shape index (κ1) is 29.3. The highest BCUT2D eigenvalue weighted by atomic mass is 16.7. The van der Waals surface area contributed by atoms with Gasteiger partial charge >= 0.3 is 5.97 Å². The number of carbonyl (C=O) groups excluding carboxylic acids is 1. The zero-order chi connectivity index (χ0) is 30.4. The molecular weight excluding hydrogens is 534 g/mol. The Morgan fingerprint density at radius 2 is 1.98 bits per heavy atom. The standard InChI is InChI=1S/C34H43NO7/c1-9-13-39-24-12-10-11-18(2)25(24)30(37)41-28-19(3)16-33-20(4)14-23-26(31(23,5)6)22(27(33)36)15-21-17-40-32(7,8)42-29(21)34(28,33)35-38/h9-12,15-16,20,22-23,26-29,36H,1,13-14,17H2,2-8H3. The summed E-state index contributed by atoms with van der Waals surface area (Å²) in [5, 5.41) is 16.4. The molecule has 1 spiro atoms. The van der Waals surface area contributed by atoms with E-state index in [1.165, 1.54) is 0 Å². The fourth-order valence-corrected chi connectivity index (χ4v) is 9.12. The Morgan fingerprint density at radius 3 is 2.67 bits per heavy atom. The first-order valence-electron chi connectivity index (χ1n) is 15.1. The number of benzene rings is 1. The van der Waals surface area contributed by atoms with Gasteiger partial charge in [0.25, 0.3) is 0 Å². The molecule has 1 saturated heterocycles. The Bertz CT molecular complexity index is 1390. The number of fused-ring (bicyclic) bond motifs is 5. The molecule has 1 aromatic carbocycles. The molecule has 3 fully saturated rings. The molecular formula is C34H43NO7. The quantitative estimate of drug-likeness (QED) is 0.254. The summed E-state index contributed by atoms with van der Waals surface area (Å²) in [6, 6.07) is 5.34. The molecule has 226 valence electrons. The minimum atomic E-state index is -1.65. The number of aliphatic hydroxyl groups is 1. The third kappa shape index (κ3) is 3.80. The third-order valence-electron chi connectivity index (χ3n) is 11.1. The van der Waals surface area contributed by atoms with Crippen molar-refractivity contribution < 1.29 is 28.8 Å². The predicted octanol–water partition coefficient (Wildman–Crippen LogP) is 5.92. The lowest BCUT2D eigenvalue weighted by molar-refractivity contribution is -0.277. The number of rotatable bonds is 6. The lowest BCUT2D eigenvalue weighted by Gasteiger charge is -2.53. The maximum Gasteiger partial charge on any atom is 0.342 e. The highest BCUT2D eigenvalue weighted by molar-refractivity contribution is 5.94. The second-order valence-corrected chi connectivity index (χ2v) is 14.1. The van der Waals surface area contributed by atoms with Crippen LogP contribution in [0.25, 0.3) is 0 Å². The highest BCUT2D eigenvalue weighted by Gasteiger charge is 2.78. The van der Waals surface area contributed by atoms with E-state index in [1.807, 2.05) is 45.9 Å². The van der Waals surface area contributed by atoms with Gasteiger partial charge in [0.1, 0.15) is 24.0 Å². The summed E-state index contributed by atoms with van der Waals surface area (Å²) < 4.78 is 24.9. The van der Waals surface area contributed by atoms with Crippen molar-refractivity contribution in [1.29, 1.82) is 0 Å². The van der Waals surface area contributed by atoms with Gasteiger partial charge in [-0.2, -0.15) is 0 Å². The van der Waals surface area contributed by atoms with Gasteiger partial charge in [-0.1, -0.05) is 62.9 Å². The fraction of sp³-hybridized carbons (Fsp3) is 0.618. The lowest BCUT2D eigenvalue weighted by Crippen LogP contribution is -2.68. The van der Waals surface area contributed by atoms with Gasteiger partial charge in [-0.05, 0) is 80.1 Å². The van der Waals surface area contributed by atoms with Crippen molar-refractivity contribution in [3.8, 4) is 5.75 Å². The monoisotopic (exact) mass is 577 g/mol. The number of aryl methyl sites for hydroxylation is 1. The summed E-state index contributed by atoms with van der Waals surface area (Å²) in [6.45, 7) is 18.1. The molecule has 4 aliphatic carbocycles. The Kier molecular flexibility index (Phi) is 6.69.